The molecule has 0 aliphatic rings. The number of hydrogen-bond donors (Lipinski definition) is 1. The summed E-state index contributed by atoms with van der Waals surface area (Å²) in [7, 11) is 2.17. The highest BCUT2D eigenvalue weighted by molar-refractivity contribution is 4.66. The smallest absolute Gasteiger partial charge is 0.00640 e. The molecule has 0 heterocycles. The number of unbranched alkanes of at least 4 members (excludes halogenated alkanes) is 18. The quantitative estimate of drug-likeness (QED) is 0.122. The monoisotopic (exact) mass is 452 g/mol. The Balaban J connectivity index is 3.37. The standard InChI is InChI=1S/C31H65N/c1-5-7-9-11-13-14-15-16-17-19-20-22-26-30(3)27-24-25-29-31(32-4)28-23-21-18-12-10-8-6-2/h30-32H,5-29H2,1-4H3. The third kappa shape index (κ3) is 24.6. The van der Waals surface area contributed by atoms with Gasteiger partial charge in [0.05, 0.1) is 0 Å². The molecule has 2 unspecified atom stereocenters. The zero-order chi connectivity index (χ0) is 23.5. The molecule has 0 bridgehead atoms. The molecule has 0 saturated heterocycles. The Bertz CT molecular complexity index is 326. The summed E-state index contributed by atoms with van der Waals surface area (Å²) >= 11 is 0. The predicted molar refractivity (Wildman–Crippen MR) is 149 cm³/mol. The van der Waals surface area contributed by atoms with Crippen molar-refractivity contribution in [1.29, 1.82) is 0 Å². The first-order valence-corrected chi connectivity index (χ1v) is 15.4. The zero-order valence-electron chi connectivity index (χ0n) is 23.3. The van der Waals surface area contributed by atoms with Crippen molar-refractivity contribution in [3.8, 4) is 0 Å². The number of rotatable bonds is 27. The lowest BCUT2D eigenvalue weighted by Crippen LogP contribution is -2.24. The molecule has 1 heteroatoms. The molecule has 0 rings (SSSR count). The third-order valence-corrected chi connectivity index (χ3v) is 7.61. The summed E-state index contributed by atoms with van der Waals surface area (Å²) in [5, 5.41) is 3.58. The van der Waals surface area contributed by atoms with Crippen LogP contribution in [0.3, 0.4) is 0 Å². The van der Waals surface area contributed by atoms with Gasteiger partial charge in [-0.2, -0.15) is 0 Å². The van der Waals surface area contributed by atoms with Gasteiger partial charge in [-0.3, -0.25) is 0 Å². The van der Waals surface area contributed by atoms with Crippen molar-refractivity contribution < 1.29 is 0 Å². The maximum Gasteiger partial charge on any atom is 0.00640 e. The zero-order valence-corrected chi connectivity index (χ0v) is 23.3. The van der Waals surface area contributed by atoms with Crippen molar-refractivity contribution >= 4 is 0 Å². The molecule has 0 fully saturated rings. The van der Waals surface area contributed by atoms with Crippen LogP contribution in [0.25, 0.3) is 0 Å². The van der Waals surface area contributed by atoms with Crippen molar-refractivity contribution in [2.75, 3.05) is 7.05 Å². The van der Waals surface area contributed by atoms with Crippen molar-refractivity contribution in [2.24, 2.45) is 5.92 Å². The minimum absolute atomic E-state index is 0.761. The Morgan fingerprint density at radius 3 is 1.06 bits per heavy atom. The van der Waals surface area contributed by atoms with E-state index in [1.54, 1.807) is 0 Å². The van der Waals surface area contributed by atoms with E-state index in [4.69, 9.17) is 0 Å². The lowest BCUT2D eigenvalue weighted by Gasteiger charge is -2.17. The summed E-state index contributed by atoms with van der Waals surface area (Å²) in [6, 6.07) is 0.761. The molecule has 0 amide bonds. The fourth-order valence-electron chi connectivity index (χ4n) is 5.14. The van der Waals surface area contributed by atoms with Crippen molar-refractivity contribution in [3.63, 3.8) is 0 Å². The first-order valence-electron chi connectivity index (χ1n) is 15.4. The Hall–Kier alpha value is -0.0400. The van der Waals surface area contributed by atoms with Gasteiger partial charge in [-0.25, -0.2) is 0 Å². The van der Waals surface area contributed by atoms with E-state index in [0.29, 0.717) is 0 Å². The molecule has 0 spiro atoms. The summed E-state index contributed by atoms with van der Waals surface area (Å²) < 4.78 is 0. The summed E-state index contributed by atoms with van der Waals surface area (Å²) in [6.45, 7) is 7.10. The highest BCUT2D eigenvalue weighted by atomic mass is 14.9. The molecular formula is C31H65N. The van der Waals surface area contributed by atoms with Gasteiger partial charge in [-0.05, 0) is 25.8 Å². The summed E-state index contributed by atoms with van der Waals surface area (Å²) in [5.41, 5.74) is 0. The molecule has 0 aromatic carbocycles. The average molecular weight is 452 g/mol. The van der Waals surface area contributed by atoms with Crippen molar-refractivity contribution in [1.82, 2.24) is 5.32 Å². The normalized spacial score (nSPS) is 13.5. The molecule has 2 atom stereocenters. The van der Waals surface area contributed by atoms with E-state index in [1.165, 1.54) is 161 Å². The van der Waals surface area contributed by atoms with Gasteiger partial charge in [0.2, 0.25) is 0 Å². The van der Waals surface area contributed by atoms with Crippen LogP contribution in [0.2, 0.25) is 0 Å². The molecule has 0 aromatic rings. The van der Waals surface area contributed by atoms with Crippen LogP contribution < -0.4 is 5.32 Å². The van der Waals surface area contributed by atoms with Gasteiger partial charge < -0.3 is 5.32 Å². The fraction of sp³-hybridized carbons (Fsp3) is 1.00. The largest absolute Gasteiger partial charge is 0.317 e. The minimum Gasteiger partial charge on any atom is -0.317 e. The lowest BCUT2D eigenvalue weighted by atomic mass is 9.94. The molecule has 32 heavy (non-hydrogen) atoms. The molecule has 0 aliphatic heterocycles. The van der Waals surface area contributed by atoms with E-state index < -0.39 is 0 Å². The molecule has 1 N–H and O–H groups in total. The minimum atomic E-state index is 0.761. The van der Waals surface area contributed by atoms with Crippen LogP contribution in [-0.4, -0.2) is 13.1 Å². The van der Waals surface area contributed by atoms with Crippen LogP contribution in [0.1, 0.15) is 181 Å². The second-order valence-electron chi connectivity index (χ2n) is 11.0. The fourth-order valence-corrected chi connectivity index (χ4v) is 5.14. The van der Waals surface area contributed by atoms with E-state index in [2.05, 4.69) is 33.1 Å². The average Bonchev–Trinajstić information content (AvgIpc) is 2.80. The maximum absolute atomic E-state index is 3.58. The van der Waals surface area contributed by atoms with Crippen molar-refractivity contribution in [3.05, 3.63) is 0 Å². The molecule has 194 valence electrons. The number of nitrogens with one attached hydrogen (secondary N) is 1. The molecule has 0 saturated carbocycles. The van der Waals surface area contributed by atoms with E-state index in [0.717, 1.165) is 12.0 Å². The lowest BCUT2D eigenvalue weighted by molar-refractivity contribution is 0.404. The highest BCUT2D eigenvalue weighted by Gasteiger charge is 2.07. The predicted octanol–water partition coefficient (Wildman–Crippen LogP) is 11.0. The SMILES string of the molecule is CCCCCCCCCCCCCCC(C)CCCCC(CCCCCCCCC)NC. The van der Waals surface area contributed by atoms with Gasteiger partial charge in [0, 0.05) is 6.04 Å². The second kappa shape index (κ2) is 27.2. The van der Waals surface area contributed by atoms with E-state index in [9.17, 15) is 0 Å². The summed E-state index contributed by atoms with van der Waals surface area (Å²) in [6.07, 6.45) is 36.1. The van der Waals surface area contributed by atoms with Gasteiger partial charge in [-0.1, -0.05) is 168 Å². The van der Waals surface area contributed by atoms with E-state index in [-0.39, 0.29) is 0 Å². The Labute approximate surface area is 205 Å². The van der Waals surface area contributed by atoms with Gasteiger partial charge in [-0.15, -0.1) is 0 Å². The Morgan fingerprint density at radius 1 is 0.406 bits per heavy atom. The van der Waals surface area contributed by atoms with Gasteiger partial charge >= 0.3 is 0 Å². The van der Waals surface area contributed by atoms with E-state index >= 15 is 0 Å². The van der Waals surface area contributed by atoms with E-state index in [1.807, 2.05) is 0 Å². The molecular weight excluding hydrogens is 386 g/mol. The molecule has 0 aliphatic carbocycles. The van der Waals surface area contributed by atoms with Gasteiger partial charge in [0.1, 0.15) is 0 Å². The van der Waals surface area contributed by atoms with Gasteiger partial charge in [0.15, 0.2) is 0 Å². The van der Waals surface area contributed by atoms with Gasteiger partial charge in [0.25, 0.3) is 0 Å². The first kappa shape index (κ1) is 32.0. The Kier molecular flexibility index (Phi) is 27.2. The van der Waals surface area contributed by atoms with Crippen LogP contribution in [0.4, 0.5) is 0 Å². The molecule has 1 nitrogen and oxygen atoms in total. The van der Waals surface area contributed by atoms with Crippen LogP contribution in [0.5, 0.6) is 0 Å². The summed E-state index contributed by atoms with van der Waals surface area (Å²) in [5.74, 6) is 0.939. The van der Waals surface area contributed by atoms with Crippen LogP contribution in [0.15, 0.2) is 0 Å². The van der Waals surface area contributed by atoms with Crippen molar-refractivity contribution in [2.45, 2.75) is 187 Å². The molecule has 0 radical (unpaired) electrons. The summed E-state index contributed by atoms with van der Waals surface area (Å²) in [4.78, 5) is 0. The Morgan fingerprint density at radius 2 is 0.688 bits per heavy atom. The first-order chi connectivity index (χ1) is 15.7. The maximum atomic E-state index is 3.58. The van der Waals surface area contributed by atoms with Crippen LogP contribution in [-0.2, 0) is 0 Å². The second-order valence-corrected chi connectivity index (χ2v) is 11.0. The topological polar surface area (TPSA) is 12.0 Å². The van der Waals surface area contributed by atoms with Crippen LogP contribution in [0, 0.1) is 5.92 Å². The third-order valence-electron chi connectivity index (χ3n) is 7.61. The molecule has 0 aromatic heterocycles. The van der Waals surface area contributed by atoms with Crippen LogP contribution >= 0.6 is 0 Å². The highest BCUT2D eigenvalue weighted by Crippen LogP contribution is 2.19. The number of hydrogen-bond acceptors (Lipinski definition) is 1.